The first-order valence-electron chi connectivity index (χ1n) is 15.0. The molecule has 0 saturated heterocycles. The van der Waals surface area contributed by atoms with Gasteiger partial charge in [-0.3, -0.25) is 0 Å². The second-order valence-electron chi connectivity index (χ2n) is 11.1. The van der Waals surface area contributed by atoms with Crippen molar-refractivity contribution in [3.05, 3.63) is 169 Å². The van der Waals surface area contributed by atoms with Crippen LogP contribution in [0.5, 0.6) is 0 Å². The van der Waals surface area contributed by atoms with E-state index in [4.69, 9.17) is 21.6 Å². The number of hydrogen-bond acceptors (Lipinski definition) is 2. The molecule has 0 unspecified atom stereocenters. The van der Waals surface area contributed by atoms with Gasteiger partial charge in [-0.25, -0.2) is 9.97 Å². The third kappa shape index (κ3) is 5.06. The maximum atomic E-state index is 6.90. The highest BCUT2D eigenvalue weighted by Gasteiger charge is 2.15. The van der Waals surface area contributed by atoms with Crippen molar-refractivity contribution in [2.45, 2.75) is 0 Å². The van der Waals surface area contributed by atoms with Crippen molar-refractivity contribution in [2.75, 3.05) is 0 Å². The highest BCUT2D eigenvalue weighted by molar-refractivity contribution is 6.42. The third-order valence-corrected chi connectivity index (χ3v) is 8.79. The lowest BCUT2D eigenvalue weighted by atomic mass is 9.91. The Balaban J connectivity index is 1.24. The van der Waals surface area contributed by atoms with Crippen LogP contribution in [0, 0.1) is 0 Å². The van der Waals surface area contributed by atoms with E-state index in [-0.39, 0.29) is 0 Å². The number of benzene rings is 7. The molecule has 1 heterocycles. The van der Waals surface area contributed by atoms with Crippen LogP contribution in [-0.2, 0) is 0 Å². The minimum Gasteiger partial charge on any atom is -0.228 e. The first kappa shape index (κ1) is 27.0. The van der Waals surface area contributed by atoms with Gasteiger partial charge in [0.25, 0.3) is 0 Å². The summed E-state index contributed by atoms with van der Waals surface area (Å²) in [6, 6.07) is 56.7. The summed E-state index contributed by atoms with van der Waals surface area (Å²) >= 11 is 6.90. The van der Waals surface area contributed by atoms with Crippen molar-refractivity contribution < 1.29 is 0 Å². The molecule has 0 N–H and O–H groups in total. The molecule has 0 aliphatic rings. The normalized spacial score (nSPS) is 11.2. The summed E-state index contributed by atoms with van der Waals surface area (Å²) in [5, 5.41) is 5.19. The standard InChI is InChI=1S/C42H27ClN2/c43-41-36-17-9-7-15-34(36)40(35-16-8-10-18-37(35)41)32-25-23-31(24-26-32)39-27-38(44-42(45-39)33-13-5-2-6-14-33)30-21-19-29(20-22-30)28-11-3-1-4-12-28/h1-27H. The van der Waals surface area contributed by atoms with Gasteiger partial charge >= 0.3 is 0 Å². The summed E-state index contributed by atoms with van der Waals surface area (Å²) < 4.78 is 0. The van der Waals surface area contributed by atoms with Gasteiger partial charge in [0.1, 0.15) is 0 Å². The van der Waals surface area contributed by atoms with E-state index in [9.17, 15) is 0 Å². The van der Waals surface area contributed by atoms with Crippen LogP contribution in [0.3, 0.4) is 0 Å². The molecule has 0 bridgehead atoms. The molecular formula is C42H27ClN2. The van der Waals surface area contributed by atoms with Crippen LogP contribution in [0.25, 0.3) is 77.7 Å². The van der Waals surface area contributed by atoms with E-state index in [0.29, 0.717) is 5.82 Å². The van der Waals surface area contributed by atoms with Crippen LogP contribution < -0.4 is 0 Å². The molecule has 0 saturated carbocycles. The largest absolute Gasteiger partial charge is 0.228 e. The Morgan fingerprint density at radius 2 is 0.711 bits per heavy atom. The van der Waals surface area contributed by atoms with Crippen molar-refractivity contribution >= 4 is 33.1 Å². The van der Waals surface area contributed by atoms with Gasteiger partial charge in [0.2, 0.25) is 0 Å². The molecule has 8 aromatic rings. The van der Waals surface area contributed by atoms with Gasteiger partial charge in [-0.2, -0.15) is 0 Å². The first-order chi connectivity index (χ1) is 22.2. The molecular weight excluding hydrogens is 568 g/mol. The molecule has 0 fully saturated rings. The summed E-state index contributed by atoms with van der Waals surface area (Å²) in [7, 11) is 0. The molecule has 0 aliphatic heterocycles. The molecule has 3 heteroatoms. The van der Waals surface area contributed by atoms with E-state index in [0.717, 1.165) is 60.2 Å². The van der Waals surface area contributed by atoms with Crippen LogP contribution in [0.1, 0.15) is 0 Å². The molecule has 212 valence electrons. The van der Waals surface area contributed by atoms with Crippen molar-refractivity contribution in [1.29, 1.82) is 0 Å². The molecule has 0 radical (unpaired) electrons. The van der Waals surface area contributed by atoms with E-state index >= 15 is 0 Å². The zero-order valence-corrected chi connectivity index (χ0v) is 25.1. The molecule has 7 aromatic carbocycles. The number of fused-ring (bicyclic) bond motifs is 2. The summed E-state index contributed by atoms with van der Waals surface area (Å²) in [6.45, 7) is 0. The fourth-order valence-electron chi connectivity index (χ4n) is 6.12. The van der Waals surface area contributed by atoms with Crippen molar-refractivity contribution in [2.24, 2.45) is 0 Å². The van der Waals surface area contributed by atoms with Crippen LogP contribution in [-0.4, -0.2) is 9.97 Å². The molecule has 0 spiro atoms. The second-order valence-corrected chi connectivity index (χ2v) is 11.5. The number of hydrogen-bond donors (Lipinski definition) is 0. The minimum atomic E-state index is 0.703. The van der Waals surface area contributed by atoms with Crippen molar-refractivity contribution in [1.82, 2.24) is 9.97 Å². The van der Waals surface area contributed by atoms with Crippen LogP contribution in [0.15, 0.2) is 164 Å². The Bertz CT molecular complexity index is 2240. The lowest BCUT2D eigenvalue weighted by molar-refractivity contribution is 1.18. The summed E-state index contributed by atoms with van der Waals surface area (Å²) in [5.41, 5.74) is 9.52. The molecule has 45 heavy (non-hydrogen) atoms. The summed E-state index contributed by atoms with van der Waals surface area (Å²) in [6.07, 6.45) is 0. The number of aromatic nitrogens is 2. The average Bonchev–Trinajstić information content (AvgIpc) is 3.13. The minimum absolute atomic E-state index is 0.703. The molecule has 0 amide bonds. The fourth-order valence-corrected chi connectivity index (χ4v) is 6.45. The summed E-state index contributed by atoms with van der Waals surface area (Å²) in [5.74, 6) is 0.703. The number of nitrogens with zero attached hydrogens (tertiary/aromatic N) is 2. The molecule has 0 atom stereocenters. The lowest BCUT2D eigenvalue weighted by Gasteiger charge is -2.15. The van der Waals surface area contributed by atoms with E-state index in [1.165, 1.54) is 16.7 Å². The van der Waals surface area contributed by atoms with E-state index < -0.39 is 0 Å². The first-order valence-corrected chi connectivity index (χ1v) is 15.4. The van der Waals surface area contributed by atoms with Gasteiger partial charge in [0, 0.05) is 27.5 Å². The topological polar surface area (TPSA) is 25.8 Å². The second kappa shape index (κ2) is 11.5. The smallest absolute Gasteiger partial charge is 0.160 e. The quantitative estimate of drug-likeness (QED) is 0.185. The average molecular weight is 595 g/mol. The Hall–Kier alpha value is -5.57. The predicted molar refractivity (Wildman–Crippen MR) is 189 cm³/mol. The van der Waals surface area contributed by atoms with Crippen molar-refractivity contribution in [3.63, 3.8) is 0 Å². The highest BCUT2D eigenvalue weighted by atomic mass is 35.5. The number of rotatable bonds is 5. The monoisotopic (exact) mass is 594 g/mol. The molecule has 8 rings (SSSR count). The van der Waals surface area contributed by atoms with E-state index in [2.05, 4.69) is 127 Å². The fraction of sp³-hybridized carbons (Fsp3) is 0. The molecule has 0 aliphatic carbocycles. The maximum absolute atomic E-state index is 6.90. The maximum Gasteiger partial charge on any atom is 0.160 e. The van der Waals surface area contributed by atoms with Gasteiger partial charge < -0.3 is 0 Å². The van der Waals surface area contributed by atoms with Gasteiger partial charge in [-0.05, 0) is 39.1 Å². The summed E-state index contributed by atoms with van der Waals surface area (Å²) in [4.78, 5) is 10.1. The zero-order chi connectivity index (χ0) is 30.2. The van der Waals surface area contributed by atoms with E-state index in [1.54, 1.807) is 0 Å². The van der Waals surface area contributed by atoms with Crippen LogP contribution in [0.2, 0.25) is 5.02 Å². The van der Waals surface area contributed by atoms with Gasteiger partial charge in [0.05, 0.1) is 16.4 Å². The van der Waals surface area contributed by atoms with Crippen LogP contribution in [0.4, 0.5) is 0 Å². The van der Waals surface area contributed by atoms with E-state index in [1.807, 2.05) is 36.4 Å². The number of halogens is 1. The lowest BCUT2D eigenvalue weighted by Crippen LogP contribution is -1.96. The molecule has 1 aromatic heterocycles. The predicted octanol–water partition coefficient (Wildman–Crippen LogP) is 11.8. The zero-order valence-electron chi connectivity index (χ0n) is 24.4. The van der Waals surface area contributed by atoms with Gasteiger partial charge in [0.15, 0.2) is 5.82 Å². The SMILES string of the molecule is Clc1c2ccccc2c(-c2ccc(-c3cc(-c4ccc(-c5ccccc5)cc4)nc(-c4ccccc4)n3)cc2)c2ccccc12. The highest BCUT2D eigenvalue weighted by Crippen LogP contribution is 2.42. The Kier molecular flexibility index (Phi) is 6.90. The Morgan fingerprint density at radius 1 is 0.333 bits per heavy atom. The van der Waals surface area contributed by atoms with Gasteiger partial charge in [-0.1, -0.05) is 169 Å². The third-order valence-electron chi connectivity index (χ3n) is 8.38. The Labute approximate surface area is 267 Å². The molecule has 2 nitrogen and oxygen atoms in total. The van der Waals surface area contributed by atoms with Gasteiger partial charge in [-0.15, -0.1) is 0 Å². The van der Waals surface area contributed by atoms with Crippen molar-refractivity contribution in [3.8, 4) is 56.2 Å². The van der Waals surface area contributed by atoms with Crippen LogP contribution >= 0.6 is 11.6 Å². The Morgan fingerprint density at radius 3 is 1.22 bits per heavy atom.